The molecule has 0 saturated heterocycles. The Balaban J connectivity index is 3.00. The van der Waals surface area contributed by atoms with Crippen LogP contribution >= 0.6 is 0 Å². The zero-order valence-corrected chi connectivity index (χ0v) is 7.79. The van der Waals surface area contributed by atoms with E-state index in [4.69, 9.17) is 9.84 Å². The van der Waals surface area contributed by atoms with Gasteiger partial charge in [-0.3, -0.25) is 4.79 Å². The van der Waals surface area contributed by atoms with Crippen molar-refractivity contribution in [3.05, 3.63) is 29.1 Å². The first kappa shape index (κ1) is 10.7. The summed E-state index contributed by atoms with van der Waals surface area (Å²) in [7, 11) is 0. The first-order valence-electron chi connectivity index (χ1n) is 4.18. The normalized spacial score (nSPS) is 9.93. The predicted octanol–water partition coefficient (Wildman–Crippen LogP) is 1.32. The van der Waals surface area contributed by atoms with E-state index in [0.29, 0.717) is 17.4 Å². The van der Waals surface area contributed by atoms with Crippen LogP contribution in [-0.2, 0) is 0 Å². The van der Waals surface area contributed by atoms with Crippen LogP contribution in [0.2, 0.25) is 0 Å². The van der Waals surface area contributed by atoms with Gasteiger partial charge in [-0.05, 0) is 24.6 Å². The number of aliphatic hydroxyl groups is 1. The second-order valence-corrected chi connectivity index (χ2v) is 2.84. The fourth-order valence-electron chi connectivity index (χ4n) is 1.09. The molecule has 0 radical (unpaired) electrons. The van der Waals surface area contributed by atoms with E-state index < -0.39 is 5.82 Å². The monoisotopic (exact) mass is 198 g/mol. The van der Waals surface area contributed by atoms with Crippen molar-refractivity contribution in [3.8, 4) is 5.75 Å². The zero-order valence-electron chi connectivity index (χ0n) is 7.79. The number of aldehydes is 1. The molecule has 0 spiro atoms. The molecule has 0 aliphatic carbocycles. The Hall–Kier alpha value is -1.42. The van der Waals surface area contributed by atoms with Crippen LogP contribution in [0.3, 0.4) is 0 Å². The lowest BCUT2D eigenvalue weighted by Gasteiger charge is -2.07. The SMILES string of the molecule is Cc1cc(C=O)cc(OCCO)c1F. The Morgan fingerprint density at radius 3 is 2.86 bits per heavy atom. The smallest absolute Gasteiger partial charge is 0.168 e. The van der Waals surface area contributed by atoms with Gasteiger partial charge in [-0.1, -0.05) is 0 Å². The van der Waals surface area contributed by atoms with E-state index in [2.05, 4.69) is 0 Å². The van der Waals surface area contributed by atoms with E-state index in [1.165, 1.54) is 12.1 Å². The summed E-state index contributed by atoms with van der Waals surface area (Å²) in [5, 5.41) is 8.50. The summed E-state index contributed by atoms with van der Waals surface area (Å²) in [5.74, 6) is -0.495. The summed E-state index contributed by atoms with van der Waals surface area (Å²) in [5.41, 5.74) is 0.708. The quantitative estimate of drug-likeness (QED) is 0.742. The first-order valence-corrected chi connectivity index (χ1v) is 4.18. The number of carbonyl (C=O) groups is 1. The van der Waals surface area contributed by atoms with Crippen LogP contribution in [0.5, 0.6) is 5.75 Å². The molecule has 1 rings (SSSR count). The van der Waals surface area contributed by atoms with E-state index in [1.807, 2.05) is 0 Å². The zero-order chi connectivity index (χ0) is 10.6. The molecule has 76 valence electrons. The average molecular weight is 198 g/mol. The molecular weight excluding hydrogens is 187 g/mol. The largest absolute Gasteiger partial charge is 0.488 e. The van der Waals surface area contributed by atoms with Gasteiger partial charge in [0.05, 0.1) is 6.61 Å². The van der Waals surface area contributed by atoms with Crippen molar-refractivity contribution in [2.45, 2.75) is 6.92 Å². The molecule has 0 aliphatic rings. The van der Waals surface area contributed by atoms with Crippen LogP contribution in [0, 0.1) is 12.7 Å². The van der Waals surface area contributed by atoms with E-state index in [0.717, 1.165) is 0 Å². The average Bonchev–Trinajstić information content (AvgIpc) is 2.20. The second-order valence-electron chi connectivity index (χ2n) is 2.84. The van der Waals surface area contributed by atoms with Crippen molar-refractivity contribution in [2.75, 3.05) is 13.2 Å². The number of hydrogen-bond acceptors (Lipinski definition) is 3. The maximum absolute atomic E-state index is 13.3. The Kier molecular flexibility index (Phi) is 3.59. The van der Waals surface area contributed by atoms with E-state index >= 15 is 0 Å². The summed E-state index contributed by atoms with van der Waals surface area (Å²) < 4.78 is 18.2. The fourth-order valence-corrected chi connectivity index (χ4v) is 1.09. The van der Waals surface area contributed by atoms with Gasteiger partial charge in [0.2, 0.25) is 0 Å². The number of hydrogen-bond donors (Lipinski definition) is 1. The summed E-state index contributed by atoms with van der Waals surface area (Å²) in [6.45, 7) is 1.37. The van der Waals surface area contributed by atoms with Gasteiger partial charge in [0.25, 0.3) is 0 Å². The Morgan fingerprint density at radius 2 is 2.29 bits per heavy atom. The van der Waals surface area contributed by atoms with Crippen LogP contribution in [0.25, 0.3) is 0 Å². The molecule has 0 unspecified atom stereocenters. The molecule has 1 N–H and O–H groups in total. The Bertz CT molecular complexity index is 336. The molecule has 3 nitrogen and oxygen atoms in total. The predicted molar refractivity (Wildman–Crippen MR) is 49.1 cm³/mol. The molecule has 14 heavy (non-hydrogen) atoms. The minimum absolute atomic E-state index is 0.00106. The van der Waals surface area contributed by atoms with Crippen molar-refractivity contribution in [1.82, 2.24) is 0 Å². The van der Waals surface area contributed by atoms with Crippen molar-refractivity contribution >= 4 is 6.29 Å². The van der Waals surface area contributed by atoms with Gasteiger partial charge in [0.1, 0.15) is 12.9 Å². The third kappa shape index (κ3) is 2.29. The highest BCUT2D eigenvalue weighted by molar-refractivity contribution is 5.76. The van der Waals surface area contributed by atoms with Gasteiger partial charge in [-0.15, -0.1) is 0 Å². The lowest BCUT2D eigenvalue weighted by Crippen LogP contribution is -2.04. The Morgan fingerprint density at radius 1 is 1.57 bits per heavy atom. The highest BCUT2D eigenvalue weighted by Gasteiger charge is 2.08. The lowest BCUT2D eigenvalue weighted by molar-refractivity contribution is 0.112. The molecule has 4 heteroatoms. The van der Waals surface area contributed by atoms with Crippen molar-refractivity contribution in [1.29, 1.82) is 0 Å². The van der Waals surface area contributed by atoms with Crippen LogP contribution < -0.4 is 4.74 Å². The van der Waals surface area contributed by atoms with Crippen LogP contribution in [-0.4, -0.2) is 24.6 Å². The molecule has 0 aromatic heterocycles. The number of rotatable bonds is 4. The molecule has 0 heterocycles. The molecule has 0 amide bonds. The van der Waals surface area contributed by atoms with Gasteiger partial charge < -0.3 is 9.84 Å². The number of halogens is 1. The lowest BCUT2D eigenvalue weighted by atomic mass is 10.1. The van der Waals surface area contributed by atoms with Crippen molar-refractivity contribution in [2.24, 2.45) is 0 Å². The van der Waals surface area contributed by atoms with Crippen molar-refractivity contribution in [3.63, 3.8) is 0 Å². The fraction of sp³-hybridized carbons (Fsp3) is 0.300. The number of carbonyl (C=O) groups excluding carboxylic acids is 1. The Labute approximate surface area is 81.1 Å². The van der Waals surface area contributed by atoms with Gasteiger partial charge in [0, 0.05) is 5.56 Å². The number of benzene rings is 1. The summed E-state index contributed by atoms with van der Waals surface area (Å²) in [6.07, 6.45) is 0.623. The first-order chi connectivity index (χ1) is 6.69. The number of aryl methyl sites for hydroxylation is 1. The minimum atomic E-state index is -0.496. The standard InChI is InChI=1S/C10H11FO3/c1-7-4-8(6-13)5-9(10(7)11)14-3-2-12/h4-6,12H,2-3H2,1H3. The molecule has 0 aliphatic heterocycles. The van der Waals surface area contributed by atoms with Gasteiger partial charge in [-0.25, -0.2) is 4.39 Å². The summed E-state index contributed by atoms with van der Waals surface area (Å²) in [6, 6.07) is 2.75. The van der Waals surface area contributed by atoms with E-state index in [1.54, 1.807) is 6.92 Å². The summed E-state index contributed by atoms with van der Waals surface area (Å²) >= 11 is 0. The van der Waals surface area contributed by atoms with Crippen molar-refractivity contribution < 1.29 is 19.0 Å². The van der Waals surface area contributed by atoms with Gasteiger partial charge in [-0.2, -0.15) is 0 Å². The highest BCUT2D eigenvalue weighted by Crippen LogP contribution is 2.21. The van der Waals surface area contributed by atoms with Crippen LogP contribution in [0.4, 0.5) is 4.39 Å². The molecule has 0 fully saturated rings. The van der Waals surface area contributed by atoms with E-state index in [9.17, 15) is 9.18 Å². The van der Waals surface area contributed by atoms with E-state index in [-0.39, 0.29) is 19.0 Å². The maximum Gasteiger partial charge on any atom is 0.168 e. The number of aliphatic hydroxyl groups excluding tert-OH is 1. The molecule has 0 saturated carbocycles. The second kappa shape index (κ2) is 4.72. The molecule has 0 bridgehead atoms. The van der Waals surface area contributed by atoms with Gasteiger partial charge in [0.15, 0.2) is 11.6 Å². The summed E-state index contributed by atoms with van der Waals surface area (Å²) in [4.78, 5) is 10.5. The van der Waals surface area contributed by atoms with Crippen LogP contribution in [0.1, 0.15) is 15.9 Å². The van der Waals surface area contributed by atoms with Gasteiger partial charge >= 0.3 is 0 Å². The topological polar surface area (TPSA) is 46.5 Å². The maximum atomic E-state index is 13.3. The molecule has 0 atom stereocenters. The number of ether oxygens (including phenoxy) is 1. The minimum Gasteiger partial charge on any atom is -0.488 e. The highest BCUT2D eigenvalue weighted by atomic mass is 19.1. The third-order valence-corrected chi connectivity index (χ3v) is 1.73. The molecular formula is C10H11FO3. The van der Waals surface area contributed by atoms with Crippen LogP contribution in [0.15, 0.2) is 12.1 Å². The third-order valence-electron chi connectivity index (χ3n) is 1.73. The molecule has 1 aromatic carbocycles. The molecule has 1 aromatic rings.